The summed E-state index contributed by atoms with van der Waals surface area (Å²) in [5, 5.41) is 4.09. The summed E-state index contributed by atoms with van der Waals surface area (Å²) in [5.41, 5.74) is 3.23. The molecule has 1 aromatic heterocycles. The number of rotatable bonds is 5. The number of aryl methyl sites for hydroxylation is 1. The van der Waals surface area contributed by atoms with Crippen LogP contribution >= 0.6 is 12.2 Å². The molecular formula is C18H21N3OS. The first-order valence-corrected chi connectivity index (χ1v) is 8.19. The number of hydrogen-bond acceptors (Lipinski definition) is 3. The van der Waals surface area contributed by atoms with E-state index in [0.29, 0.717) is 6.04 Å². The van der Waals surface area contributed by atoms with Gasteiger partial charge in [0, 0.05) is 36.7 Å². The first kappa shape index (κ1) is 15.7. The van der Waals surface area contributed by atoms with Crippen LogP contribution in [0.4, 0.5) is 5.69 Å². The zero-order valence-electron chi connectivity index (χ0n) is 13.5. The van der Waals surface area contributed by atoms with Crippen molar-refractivity contribution < 1.29 is 4.74 Å². The first-order chi connectivity index (χ1) is 11.2. The number of nitrogens with one attached hydrogen (secondary N) is 1. The fraction of sp³-hybridized carbons (Fsp3) is 0.333. The van der Waals surface area contributed by atoms with Crippen LogP contribution in [0, 0.1) is 6.92 Å². The zero-order chi connectivity index (χ0) is 16.2. The van der Waals surface area contributed by atoms with Crippen LogP contribution in [0.25, 0.3) is 0 Å². The lowest BCUT2D eigenvalue weighted by Crippen LogP contribution is -2.36. The molecule has 2 aromatic rings. The summed E-state index contributed by atoms with van der Waals surface area (Å²) in [6.45, 7) is 2.81. The Labute approximate surface area is 142 Å². The maximum atomic E-state index is 5.64. The minimum absolute atomic E-state index is 0.530. The monoisotopic (exact) mass is 327 g/mol. The Hall–Kier alpha value is -2.14. The molecule has 0 unspecified atom stereocenters. The smallest absolute Gasteiger partial charge is 0.173 e. The van der Waals surface area contributed by atoms with Gasteiger partial charge in [0.25, 0.3) is 0 Å². The summed E-state index contributed by atoms with van der Waals surface area (Å²) in [5.74, 6) is 0.864. The van der Waals surface area contributed by atoms with Gasteiger partial charge in [-0.1, -0.05) is 12.1 Å². The average Bonchev–Trinajstić information content (AvgIpc) is 3.40. The second-order valence-corrected chi connectivity index (χ2v) is 6.22. The molecule has 0 amide bonds. The van der Waals surface area contributed by atoms with E-state index in [0.717, 1.165) is 28.7 Å². The highest BCUT2D eigenvalue weighted by molar-refractivity contribution is 7.80. The lowest BCUT2D eigenvalue weighted by atomic mass is 10.2. The standard InChI is InChI=1S/C18H21N3OS/c1-13-5-6-15(10-17(13)22-2)20-18(23)21(16-7-8-16)12-14-4-3-9-19-11-14/h3-6,9-11,16H,7-8,12H2,1-2H3,(H,20,23). The van der Waals surface area contributed by atoms with E-state index in [-0.39, 0.29) is 0 Å². The number of anilines is 1. The van der Waals surface area contributed by atoms with Crippen LogP contribution < -0.4 is 10.1 Å². The Morgan fingerprint density at radius 2 is 2.22 bits per heavy atom. The first-order valence-electron chi connectivity index (χ1n) is 7.78. The normalized spacial score (nSPS) is 13.5. The van der Waals surface area contributed by atoms with Crippen molar-refractivity contribution in [2.75, 3.05) is 12.4 Å². The summed E-state index contributed by atoms with van der Waals surface area (Å²) in [6, 6.07) is 10.6. The number of pyridine rings is 1. The molecule has 1 heterocycles. The summed E-state index contributed by atoms with van der Waals surface area (Å²) in [6.07, 6.45) is 6.08. The minimum atomic E-state index is 0.530. The quantitative estimate of drug-likeness (QED) is 0.846. The summed E-state index contributed by atoms with van der Waals surface area (Å²) in [4.78, 5) is 6.43. The number of nitrogens with zero attached hydrogens (tertiary/aromatic N) is 2. The Bertz CT molecular complexity index is 686. The molecule has 0 saturated heterocycles. The SMILES string of the molecule is COc1cc(NC(=S)N(Cc2cccnc2)C2CC2)ccc1C. The highest BCUT2D eigenvalue weighted by Gasteiger charge is 2.30. The molecule has 1 aliphatic rings. The van der Waals surface area contributed by atoms with Gasteiger partial charge >= 0.3 is 0 Å². The fourth-order valence-corrected chi connectivity index (χ4v) is 2.87. The van der Waals surface area contributed by atoms with E-state index >= 15 is 0 Å². The lowest BCUT2D eigenvalue weighted by Gasteiger charge is -2.26. The maximum Gasteiger partial charge on any atom is 0.173 e. The average molecular weight is 327 g/mol. The molecule has 1 saturated carbocycles. The largest absolute Gasteiger partial charge is 0.496 e. The van der Waals surface area contributed by atoms with Gasteiger partial charge in [-0.2, -0.15) is 0 Å². The highest BCUT2D eigenvalue weighted by atomic mass is 32.1. The fourth-order valence-electron chi connectivity index (χ4n) is 2.53. The molecule has 1 aliphatic carbocycles. The predicted octanol–water partition coefficient (Wildman–Crippen LogP) is 3.76. The van der Waals surface area contributed by atoms with Crippen LogP contribution in [0.1, 0.15) is 24.0 Å². The van der Waals surface area contributed by atoms with Gasteiger partial charge in [-0.05, 0) is 55.2 Å². The number of hydrogen-bond donors (Lipinski definition) is 1. The van der Waals surface area contributed by atoms with Gasteiger partial charge in [0.1, 0.15) is 5.75 Å². The van der Waals surface area contributed by atoms with Gasteiger partial charge in [0.05, 0.1) is 7.11 Å². The maximum absolute atomic E-state index is 5.64. The summed E-state index contributed by atoms with van der Waals surface area (Å²) in [7, 11) is 1.68. The Morgan fingerprint density at radius 3 is 2.87 bits per heavy atom. The molecule has 3 rings (SSSR count). The van der Waals surface area contributed by atoms with Gasteiger partial charge in [-0.25, -0.2) is 0 Å². The second-order valence-electron chi connectivity index (χ2n) is 5.83. The number of ether oxygens (including phenoxy) is 1. The zero-order valence-corrected chi connectivity index (χ0v) is 14.3. The van der Waals surface area contributed by atoms with E-state index < -0.39 is 0 Å². The van der Waals surface area contributed by atoms with Crippen molar-refractivity contribution in [3.63, 3.8) is 0 Å². The van der Waals surface area contributed by atoms with Crippen molar-refractivity contribution in [1.29, 1.82) is 0 Å². The van der Waals surface area contributed by atoms with Gasteiger partial charge in [0.2, 0.25) is 0 Å². The van der Waals surface area contributed by atoms with Crippen LogP contribution in [0.3, 0.4) is 0 Å². The van der Waals surface area contributed by atoms with Crippen LogP contribution in [-0.4, -0.2) is 28.1 Å². The Morgan fingerprint density at radius 1 is 1.39 bits per heavy atom. The second kappa shape index (κ2) is 6.96. The molecular weight excluding hydrogens is 306 g/mol. The molecule has 0 atom stereocenters. The Balaban J connectivity index is 1.72. The minimum Gasteiger partial charge on any atom is -0.496 e. The van der Waals surface area contributed by atoms with Crippen LogP contribution in [0.2, 0.25) is 0 Å². The van der Waals surface area contributed by atoms with E-state index in [1.807, 2.05) is 37.4 Å². The summed E-state index contributed by atoms with van der Waals surface area (Å²) >= 11 is 5.64. The molecule has 4 nitrogen and oxygen atoms in total. The molecule has 23 heavy (non-hydrogen) atoms. The van der Waals surface area contributed by atoms with Crippen LogP contribution in [-0.2, 0) is 6.54 Å². The number of aromatic nitrogens is 1. The molecule has 0 aliphatic heterocycles. The molecule has 0 spiro atoms. The third-order valence-corrected chi connectivity index (χ3v) is 4.32. The lowest BCUT2D eigenvalue weighted by molar-refractivity contribution is 0.408. The van der Waals surface area contributed by atoms with E-state index in [1.54, 1.807) is 13.3 Å². The topological polar surface area (TPSA) is 37.4 Å². The van der Waals surface area contributed by atoms with E-state index in [9.17, 15) is 0 Å². The molecule has 120 valence electrons. The molecule has 1 fully saturated rings. The Kier molecular flexibility index (Phi) is 4.76. The van der Waals surface area contributed by atoms with Crippen molar-refractivity contribution in [2.24, 2.45) is 0 Å². The predicted molar refractivity (Wildman–Crippen MR) is 96.8 cm³/mol. The molecule has 5 heteroatoms. The van der Waals surface area contributed by atoms with Gasteiger partial charge < -0.3 is 15.0 Å². The third kappa shape index (κ3) is 3.99. The summed E-state index contributed by atoms with van der Waals surface area (Å²) < 4.78 is 5.38. The van der Waals surface area contributed by atoms with E-state index in [4.69, 9.17) is 17.0 Å². The van der Waals surface area contributed by atoms with E-state index in [2.05, 4.69) is 21.3 Å². The third-order valence-electron chi connectivity index (χ3n) is 3.98. The molecule has 0 radical (unpaired) electrons. The number of benzene rings is 1. The number of thiocarbonyl (C=S) groups is 1. The van der Waals surface area contributed by atoms with Gasteiger partial charge in [0.15, 0.2) is 5.11 Å². The van der Waals surface area contributed by atoms with Crippen molar-refractivity contribution in [1.82, 2.24) is 9.88 Å². The van der Waals surface area contributed by atoms with E-state index in [1.165, 1.54) is 18.4 Å². The van der Waals surface area contributed by atoms with Crippen LogP contribution in [0.5, 0.6) is 5.75 Å². The van der Waals surface area contributed by atoms with Crippen molar-refractivity contribution in [2.45, 2.75) is 32.4 Å². The molecule has 1 N–H and O–H groups in total. The number of methoxy groups -OCH3 is 1. The van der Waals surface area contributed by atoms with Gasteiger partial charge in [-0.3, -0.25) is 4.98 Å². The van der Waals surface area contributed by atoms with Crippen LogP contribution in [0.15, 0.2) is 42.7 Å². The van der Waals surface area contributed by atoms with Crippen molar-refractivity contribution in [3.05, 3.63) is 53.9 Å². The highest BCUT2D eigenvalue weighted by Crippen LogP contribution is 2.29. The molecule has 1 aromatic carbocycles. The molecule has 0 bridgehead atoms. The van der Waals surface area contributed by atoms with Gasteiger partial charge in [-0.15, -0.1) is 0 Å². The van der Waals surface area contributed by atoms with Crippen molar-refractivity contribution in [3.8, 4) is 5.75 Å². The van der Waals surface area contributed by atoms with Crippen molar-refractivity contribution >= 4 is 23.0 Å².